The molecule has 0 heterocycles. The van der Waals surface area contributed by atoms with Gasteiger partial charge in [-0.15, -0.1) is 0 Å². The Kier molecular flexibility index (Phi) is 5.37. The Morgan fingerprint density at radius 3 is 2.39 bits per heavy atom. The number of aliphatic carboxylic acids is 1. The molecular formula is C11H17F2NO3S. The number of carbonyl (C=O) groups excluding carboxylic acids is 1. The first-order valence-corrected chi connectivity index (χ1v) is 6.51. The molecule has 1 atom stereocenters. The maximum atomic E-state index is 12.9. The molecule has 1 aliphatic carbocycles. The van der Waals surface area contributed by atoms with Crippen molar-refractivity contribution in [3.8, 4) is 0 Å². The van der Waals surface area contributed by atoms with Crippen LogP contribution in [0.25, 0.3) is 0 Å². The fourth-order valence-corrected chi connectivity index (χ4v) is 2.24. The van der Waals surface area contributed by atoms with Crippen LogP contribution >= 0.6 is 12.6 Å². The van der Waals surface area contributed by atoms with Crippen molar-refractivity contribution in [3.63, 3.8) is 0 Å². The minimum atomic E-state index is -2.69. The monoisotopic (exact) mass is 281 g/mol. The van der Waals surface area contributed by atoms with E-state index in [1.54, 1.807) is 0 Å². The van der Waals surface area contributed by atoms with Gasteiger partial charge in [-0.3, -0.25) is 4.79 Å². The van der Waals surface area contributed by atoms with Gasteiger partial charge < -0.3 is 10.4 Å². The number of alkyl halides is 2. The minimum absolute atomic E-state index is 0.103. The van der Waals surface area contributed by atoms with Crippen LogP contribution in [0.4, 0.5) is 8.78 Å². The van der Waals surface area contributed by atoms with Crippen LogP contribution in [0, 0.1) is 5.92 Å². The van der Waals surface area contributed by atoms with Gasteiger partial charge in [-0.25, -0.2) is 13.6 Å². The predicted octanol–water partition coefficient (Wildman–Crippen LogP) is 1.70. The molecule has 0 radical (unpaired) electrons. The molecular weight excluding hydrogens is 264 g/mol. The first kappa shape index (κ1) is 15.2. The summed E-state index contributed by atoms with van der Waals surface area (Å²) in [7, 11) is 0. The standard InChI is InChI=1S/C11H17F2NO3S/c12-11(13)4-1-7(2-5-11)9(15)14-8(3-6-18)10(16)17/h7-8,18H,1-6H2,(H,14,15)(H,16,17). The van der Waals surface area contributed by atoms with Crippen LogP contribution in [0.2, 0.25) is 0 Å². The number of carbonyl (C=O) groups is 2. The fraction of sp³-hybridized carbons (Fsp3) is 0.818. The number of carboxylic acid groups (broad SMARTS) is 1. The first-order chi connectivity index (χ1) is 8.35. The van der Waals surface area contributed by atoms with Crippen molar-refractivity contribution in [2.75, 3.05) is 5.75 Å². The van der Waals surface area contributed by atoms with Crippen molar-refractivity contribution < 1.29 is 23.5 Å². The molecule has 1 unspecified atom stereocenters. The number of halogens is 2. The van der Waals surface area contributed by atoms with Crippen LogP contribution in [0.1, 0.15) is 32.1 Å². The lowest BCUT2D eigenvalue weighted by molar-refractivity contribution is -0.143. The topological polar surface area (TPSA) is 66.4 Å². The van der Waals surface area contributed by atoms with E-state index in [4.69, 9.17) is 5.11 Å². The van der Waals surface area contributed by atoms with E-state index >= 15 is 0 Å². The van der Waals surface area contributed by atoms with Crippen LogP contribution < -0.4 is 5.32 Å². The lowest BCUT2D eigenvalue weighted by Gasteiger charge is -2.28. The van der Waals surface area contributed by atoms with E-state index in [0.717, 1.165) is 0 Å². The van der Waals surface area contributed by atoms with Gasteiger partial charge in [-0.05, 0) is 25.0 Å². The predicted molar refractivity (Wildman–Crippen MR) is 64.9 cm³/mol. The zero-order chi connectivity index (χ0) is 13.8. The summed E-state index contributed by atoms with van der Waals surface area (Å²) >= 11 is 3.91. The summed E-state index contributed by atoms with van der Waals surface area (Å²) in [4.78, 5) is 22.6. The van der Waals surface area contributed by atoms with Gasteiger partial charge in [0.05, 0.1) is 0 Å². The lowest BCUT2D eigenvalue weighted by Crippen LogP contribution is -2.45. The van der Waals surface area contributed by atoms with Crippen molar-refractivity contribution in [3.05, 3.63) is 0 Å². The highest BCUT2D eigenvalue weighted by Crippen LogP contribution is 2.36. The summed E-state index contributed by atoms with van der Waals surface area (Å²) in [5.74, 6) is -4.43. The summed E-state index contributed by atoms with van der Waals surface area (Å²) in [6, 6.07) is -0.988. The van der Waals surface area contributed by atoms with E-state index in [-0.39, 0.29) is 32.1 Å². The van der Waals surface area contributed by atoms with Crippen molar-refractivity contribution in [2.24, 2.45) is 5.92 Å². The highest BCUT2D eigenvalue weighted by atomic mass is 32.1. The largest absolute Gasteiger partial charge is 0.480 e. The number of carboxylic acids is 1. The minimum Gasteiger partial charge on any atom is -0.480 e. The Bertz CT molecular complexity index is 315. The molecule has 0 aromatic carbocycles. The third-order valence-corrected chi connectivity index (χ3v) is 3.38. The molecule has 0 saturated heterocycles. The number of nitrogens with one attached hydrogen (secondary N) is 1. The Balaban J connectivity index is 2.47. The molecule has 1 rings (SSSR count). The third-order valence-electron chi connectivity index (χ3n) is 3.12. The molecule has 1 amide bonds. The van der Waals surface area contributed by atoms with Gasteiger partial charge in [-0.2, -0.15) is 12.6 Å². The molecule has 1 fully saturated rings. The molecule has 7 heteroatoms. The maximum Gasteiger partial charge on any atom is 0.326 e. The molecule has 1 aliphatic rings. The molecule has 18 heavy (non-hydrogen) atoms. The number of hydrogen-bond acceptors (Lipinski definition) is 3. The van der Waals surface area contributed by atoms with E-state index in [9.17, 15) is 18.4 Å². The van der Waals surface area contributed by atoms with Crippen molar-refractivity contribution in [1.29, 1.82) is 0 Å². The van der Waals surface area contributed by atoms with Crippen LogP contribution in [0.5, 0.6) is 0 Å². The van der Waals surface area contributed by atoms with E-state index in [1.165, 1.54) is 0 Å². The van der Waals surface area contributed by atoms with Gasteiger partial charge in [0.15, 0.2) is 0 Å². The first-order valence-electron chi connectivity index (χ1n) is 5.87. The van der Waals surface area contributed by atoms with E-state index < -0.39 is 29.8 Å². The quantitative estimate of drug-likeness (QED) is 0.672. The zero-order valence-corrected chi connectivity index (χ0v) is 10.8. The highest BCUT2D eigenvalue weighted by molar-refractivity contribution is 7.80. The van der Waals surface area contributed by atoms with Gasteiger partial charge in [0.25, 0.3) is 0 Å². The molecule has 0 aliphatic heterocycles. The van der Waals surface area contributed by atoms with Gasteiger partial charge in [0.1, 0.15) is 6.04 Å². The second-order valence-electron chi connectivity index (χ2n) is 4.54. The Labute approximate surface area is 110 Å². The summed E-state index contributed by atoms with van der Waals surface area (Å²) in [5.41, 5.74) is 0. The maximum absolute atomic E-state index is 12.9. The smallest absolute Gasteiger partial charge is 0.326 e. The molecule has 0 aromatic heterocycles. The van der Waals surface area contributed by atoms with Gasteiger partial charge >= 0.3 is 5.97 Å². The molecule has 0 bridgehead atoms. The molecule has 4 nitrogen and oxygen atoms in total. The van der Waals surface area contributed by atoms with Crippen LogP contribution in [0.15, 0.2) is 0 Å². The molecule has 0 aromatic rings. The summed E-state index contributed by atoms with van der Waals surface area (Å²) in [6.07, 6.45) is -0.198. The zero-order valence-electron chi connectivity index (χ0n) is 9.86. The molecule has 2 N–H and O–H groups in total. The van der Waals surface area contributed by atoms with Gasteiger partial charge in [-0.1, -0.05) is 0 Å². The Morgan fingerprint density at radius 1 is 1.39 bits per heavy atom. The van der Waals surface area contributed by atoms with E-state index in [2.05, 4.69) is 17.9 Å². The second-order valence-corrected chi connectivity index (χ2v) is 4.99. The number of amides is 1. The summed E-state index contributed by atoms with van der Waals surface area (Å²) in [5, 5.41) is 11.2. The SMILES string of the molecule is O=C(NC(CCS)C(=O)O)C1CCC(F)(F)CC1. The normalized spacial score (nSPS) is 21.3. The van der Waals surface area contributed by atoms with Crippen LogP contribution in [-0.4, -0.2) is 34.7 Å². The molecule has 104 valence electrons. The number of hydrogen-bond donors (Lipinski definition) is 3. The summed E-state index contributed by atoms with van der Waals surface area (Å²) in [6.45, 7) is 0. The van der Waals surface area contributed by atoms with Gasteiger partial charge in [0.2, 0.25) is 11.8 Å². The third kappa shape index (κ3) is 4.44. The summed E-state index contributed by atoms with van der Waals surface area (Å²) < 4.78 is 25.8. The average molecular weight is 281 g/mol. The van der Waals surface area contributed by atoms with Gasteiger partial charge in [0, 0.05) is 18.8 Å². The number of thiol groups is 1. The fourth-order valence-electron chi connectivity index (χ4n) is 1.98. The van der Waals surface area contributed by atoms with Crippen molar-refractivity contribution in [2.45, 2.75) is 44.1 Å². The molecule has 1 saturated carbocycles. The highest BCUT2D eigenvalue weighted by Gasteiger charge is 2.38. The van der Waals surface area contributed by atoms with Crippen LogP contribution in [-0.2, 0) is 9.59 Å². The number of rotatable bonds is 5. The average Bonchev–Trinajstić information content (AvgIpc) is 2.28. The van der Waals surface area contributed by atoms with E-state index in [1.807, 2.05) is 0 Å². The van der Waals surface area contributed by atoms with Crippen molar-refractivity contribution in [1.82, 2.24) is 5.32 Å². The second kappa shape index (κ2) is 6.36. The Morgan fingerprint density at radius 2 is 1.94 bits per heavy atom. The van der Waals surface area contributed by atoms with Crippen molar-refractivity contribution >= 4 is 24.5 Å². The van der Waals surface area contributed by atoms with E-state index in [0.29, 0.717) is 5.75 Å². The molecule has 0 spiro atoms. The lowest BCUT2D eigenvalue weighted by atomic mass is 9.86. The Hall–Kier alpha value is -0.850. The van der Waals surface area contributed by atoms with Crippen LogP contribution in [0.3, 0.4) is 0 Å².